The van der Waals surface area contributed by atoms with Crippen LogP contribution in [0.15, 0.2) is 12.1 Å². The van der Waals surface area contributed by atoms with Gasteiger partial charge in [-0.3, -0.25) is 0 Å². The van der Waals surface area contributed by atoms with Crippen molar-refractivity contribution in [2.24, 2.45) is 0 Å². The standard InChI is InChI=1S/C10H12Cl2/c1-6(2)8-4-9(11)7(3)10(12)5-8/h4-6H,1-3H3. The van der Waals surface area contributed by atoms with E-state index in [-0.39, 0.29) is 0 Å². The average molecular weight is 203 g/mol. The fourth-order valence-corrected chi connectivity index (χ4v) is 1.50. The van der Waals surface area contributed by atoms with Gasteiger partial charge in [-0.1, -0.05) is 37.0 Å². The molecule has 0 aliphatic carbocycles. The fourth-order valence-electron chi connectivity index (χ4n) is 0.998. The van der Waals surface area contributed by atoms with Crippen LogP contribution in [0, 0.1) is 6.92 Å². The molecule has 1 aromatic rings. The summed E-state index contributed by atoms with van der Waals surface area (Å²) in [6, 6.07) is 3.96. The zero-order valence-corrected chi connectivity index (χ0v) is 9.00. The monoisotopic (exact) mass is 202 g/mol. The molecule has 12 heavy (non-hydrogen) atoms. The van der Waals surface area contributed by atoms with Crippen molar-refractivity contribution >= 4 is 23.2 Å². The second kappa shape index (κ2) is 3.68. The Morgan fingerprint density at radius 1 is 1.08 bits per heavy atom. The van der Waals surface area contributed by atoms with Gasteiger partial charge < -0.3 is 0 Å². The lowest BCUT2D eigenvalue weighted by molar-refractivity contribution is 0.866. The molecule has 0 N–H and O–H groups in total. The highest BCUT2D eigenvalue weighted by atomic mass is 35.5. The molecule has 0 bridgehead atoms. The van der Waals surface area contributed by atoms with E-state index in [9.17, 15) is 0 Å². The van der Waals surface area contributed by atoms with Crippen LogP contribution in [0.5, 0.6) is 0 Å². The SMILES string of the molecule is Cc1c(Cl)cc(C(C)C)cc1Cl. The number of hydrogen-bond donors (Lipinski definition) is 0. The quantitative estimate of drug-likeness (QED) is 0.633. The molecule has 0 spiro atoms. The molecule has 0 saturated carbocycles. The minimum Gasteiger partial charge on any atom is -0.0840 e. The summed E-state index contributed by atoms with van der Waals surface area (Å²) in [5.74, 6) is 0.473. The molecule has 0 fully saturated rings. The molecule has 1 rings (SSSR count). The Kier molecular flexibility index (Phi) is 3.03. The first-order chi connectivity index (χ1) is 5.52. The van der Waals surface area contributed by atoms with Gasteiger partial charge in [0.05, 0.1) is 0 Å². The molecule has 0 nitrogen and oxygen atoms in total. The Labute approximate surface area is 83.5 Å². The first kappa shape index (κ1) is 9.88. The largest absolute Gasteiger partial charge is 0.0840 e. The van der Waals surface area contributed by atoms with Crippen molar-refractivity contribution in [1.29, 1.82) is 0 Å². The predicted octanol–water partition coefficient (Wildman–Crippen LogP) is 4.43. The van der Waals surface area contributed by atoms with Gasteiger partial charge in [0.1, 0.15) is 0 Å². The lowest BCUT2D eigenvalue weighted by Crippen LogP contribution is -1.89. The van der Waals surface area contributed by atoms with Crippen molar-refractivity contribution in [3.63, 3.8) is 0 Å². The second-order valence-electron chi connectivity index (χ2n) is 3.26. The molecule has 66 valence electrons. The molecular weight excluding hydrogens is 191 g/mol. The third-order valence-corrected chi connectivity index (χ3v) is 2.76. The lowest BCUT2D eigenvalue weighted by atomic mass is 10.0. The third kappa shape index (κ3) is 1.94. The molecular formula is C10H12Cl2. The minimum absolute atomic E-state index is 0.473. The van der Waals surface area contributed by atoms with Gasteiger partial charge in [-0.05, 0) is 36.1 Å². The van der Waals surface area contributed by atoms with Crippen LogP contribution in [0.1, 0.15) is 30.9 Å². The number of benzene rings is 1. The van der Waals surface area contributed by atoms with Crippen LogP contribution in [0.4, 0.5) is 0 Å². The van der Waals surface area contributed by atoms with Gasteiger partial charge in [0.25, 0.3) is 0 Å². The van der Waals surface area contributed by atoms with E-state index < -0.39 is 0 Å². The summed E-state index contributed by atoms with van der Waals surface area (Å²) in [6.07, 6.45) is 0. The van der Waals surface area contributed by atoms with Gasteiger partial charge in [-0.15, -0.1) is 0 Å². The Balaban J connectivity index is 3.21. The van der Waals surface area contributed by atoms with Crippen molar-refractivity contribution in [3.05, 3.63) is 33.3 Å². The van der Waals surface area contributed by atoms with E-state index in [0.717, 1.165) is 15.6 Å². The van der Waals surface area contributed by atoms with Crippen LogP contribution >= 0.6 is 23.2 Å². The van der Waals surface area contributed by atoms with Gasteiger partial charge in [0.2, 0.25) is 0 Å². The van der Waals surface area contributed by atoms with Crippen molar-refractivity contribution in [1.82, 2.24) is 0 Å². The topological polar surface area (TPSA) is 0 Å². The van der Waals surface area contributed by atoms with E-state index in [4.69, 9.17) is 23.2 Å². The second-order valence-corrected chi connectivity index (χ2v) is 4.08. The van der Waals surface area contributed by atoms with Gasteiger partial charge in [0.15, 0.2) is 0 Å². The summed E-state index contributed by atoms with van der Waals surface area (Å²) >= 11 is 12.0. The van der Waals surface area contributed by atoms with Crippen LogP contribution in [-0.4, -0.2) is 0 Å². The molecule has 0 radical (unpaired) electrons. The minimum atomic E-state index is 0.473. The molecule has 0 atom stereocenters. The van der Waals surface area contributed by atoms with Crippen molar-refractivity contribution in [2.45, 2.75) is 26.7 Å². The number of halogens is 2. The van der Waals surface area contributed by atoms with Crippen LogP contribution in [0.2, 0.25) is 10.0 Å². The van der Waals surface area contributed by atoms with Crippen molar-refractivity contribution in [2.75, 3.05) is 0 Å². The Hall–Kier alpha value is -0.200. The molecule has 0 aromatic heterocycles. The summed E-state index contributed by atoms with van der Waals surface area (Å²) in [7, 11) is 0. The van der Waals surface area contributed by atoms with E-state index in [1.54, 1.807) is 0 Å². The highest BCUT2D eigenvalue weighted by Gasteiger charge is 2.05. The molecule has 0 aliphatic heterocycles. The number of hydrogen-bond acceptors (Lipinski definition) is 0. The summed E-state index contributed by atoms with van der Waals surface area (Å²) in [6.45, 7) is 6.17. The van der Waals surface area contributed by atoms with Crippen LogP contribution < -0.4 is 0 Å². The van der Waals surface area contributed by atoms with Gasteiger partial charge in [-0.2, -0.15) is 0 Å². The maximum absolute atomic E-state index is 5.98. The Bertz CT molecular complexity index is 267. The summed E-state index contributed by atoms with van der Waals surface area (Å²) in [4.78, 5) is 0. The first-order valence-corrected chi connectivity index (χ1v) is 4.73. The smallest absolute Gasteiger partial charge is 0.0452 e. The molecule has 0 unspecified atom stereocenters. The fraction of sp³-hybridized carbons (Fsp3) is 0.400. The van der Waals surface area contributed by atoms with Crippen LogP contribution in [0.3, 0.4) is 0 Å². The maximum Gasteiger partial charge on any atom is 0.0452 e. The molecule has 0 saturated heterocycles. The predicted molar refractivity (Wildman–Crippen MR) is 55.3 cm³/mol. The summed E-state index contributed by atoms with van der Waals surface area (Å²) < 4.78 is 0. The van der Waals surface area contributed by atoms with Crippen molar-refractivity contribution in [3.8, 4) is 0 Å². The lowest BCUT2D eigenvalue weighted by Gasteiger charge is -2.08. The van der Waals surface area contributed by atoms with Gasteiger partial charge >= 0.3 is 0 Å². The molecule has 0 amide bonds. The Morgan fingerprint density at radius 2 is 1.50 bits per heavy atom. The van der Waals surface area contributed by atoms with Gasteiger partial charge in [0, 0.05) is 10.0 Å². The first-order valence-electron chi connectivity index (χ1n) is 3.98. The number of rotatable bonds is 1. The maximum atomic E-state index is 5.98. The van der Waals surface area contributed by atoms with E-state index in [1.165, 1.54) is 5.56 Å². The highest BCUT2D eigenvalue weighted by molar-refractivity contribution is 6.36. The molecule has 1 aromatic carbocycles. The van der Waals surface area contributed by atoms with E-state index in [2.05, 4.69) is 13.8 Å². The van der Waals surface area contributed by atoms with Crippen LogP contribution in [0.25, 0.3) is 0 Å². The zero-order chi connectivity index (χ0) is 9.30. The zero-order valence-electron chi connectivity index (χ0n) is 7.49. The average Bonchev–Trinajstić information content (AvgIpc) is 1.99. The Morgan fingerprint density at radius 3 is 1.83 bits per heavy atom. The summed E-state index contributed by atoms with van der Waals surface area (Å²) in [5, 5.41) is 1.51. The third-order valence-electron chi connectivity index (χ3n) is 1.97. The van der Waals surface area contributed by atoms with Gasteiger partial charge in [-0.25, -0.2) is 0 Å². The molecule has 2 heteroatoms. The molecule has 0 aliphatic rings. The summed E-state index contributed by atoms with van der Waals surface area (Å²) in [5.41, 5.74) is 2.15. The molecule has 0 heterocycles. The van der Waals surface area contributed by atoms with E-state index >= 15 is 0 Å². The van der Waals surface area contributed by atoms with E-state index in [0.29, 0.717) is 5.92 Å². The normalized spacial score (nSPS) is 10.8. The van der Waals surface area contributed by atoms with Crippen molar-refractivity contribution < 1.29 is 0 Å². The van der Waals surface area contributed by atoms with Crippen LogP contribution in [-0.2, 0) is 0 Å². The van der Waals surface area contributed by atoms with E-state index in [1.807, 2.05) is 19.1 Å². The highest BCUT2D eigenvalue weighted by Crippen LogP contribution is 2.28.